The van der Waals surface area contributed by atoms with E-state index in [0.29, 0.717) is 0 Å². The highest BCUT2D eigenvalue weighted by molar-refractivity contribution is 4.79. The molecule has 1 aromatic heterocycles. The van der Waals surface area contributed by atoms with Crippen molar-refractivity contribution in [3.05, 3.63) is 22.6 Å². The van der Waals surface area contributed by atoms with Gasteiger partial charge in [0.25, 0.3) is 5.56 Å². The summed E-state index contributed by atoms with van der Waals surface area (Å²) in [6, 6.07) is 1.52. The zero-order valence-electron chi connectivity index (χ0n) is 6.87. The number of nitrogens with one attached hydrogen (secondary N) is 1. The Labute approximate surface area is 65.4 Å². The fraction of sp³-hybridized carbons (Fsp3) is 0.571. The molecule has 4 nitrogen and oxygen atoms in total. The standard InChI is InChI=1S/C7H13N3O/c1-9(2)5-6-10-4-3-7(11)8-10/h3-4H,5-6H2,1-2H3,(H,8,11). The minimum absolute atomic E-state index is 0.0382. The summed E-state index contributed by atoms with van der Waals surface area (Å²) in [7, 11) is 4.00. The van der Waals surface area contributed by atoms with E-state index >= 15 is 0 Å². The number of hydrogen-bond acceptors (Lipinski definition) is 2. The summed E-state index contributed by atoms with van der Waals surface area (Å²) in [6.07, 6.45) is 1.76. The van der Waals surface area contributed by atoms with Gasteiger partial charge in [0.15, 0.2) is 0 Å². The molecule has 0 amide bonds. The summed E-state index contributed by atoms with van der Waals surface area (Å²) >= 11 is 0. The molecule has 0 fully saturated rings. The molecule has 0 saturated carbocycles. The lowest BCUT2D eigenvalue weighted by molar-refractivity contribution is 0.372. The first kappa shape index (κ1) is 8.07. The highest BCUT2D eigenvalue weighted by Gasteiger charge is 1.92. The molecule has 4 heteroatoms. The fourth-order valence-electron chi connectivity index (χ4n) is 0.812. The van der Waals surface area contributed by atoms with Crippen LogP contribution in [-0.4, -0.2) is 35.3 Å². The van der Waals surface area contributed by atoms with E-state index in [1.807, 2.05) is 14.1 Å². The number of H-pyrrole nitrogens is 1. The van der Waals surface area contributed by atoms with Gasteiger partial charge in [-0.05, 0) is 14.1 Å². The van der Waals surface area contributed by atoms with Gasteiger partial charge in [0, 0.05) is 18.8 Å². The molecule has 0 spiro atoms. The predicted octanol–water partition coefficient (Wildman–Crippen LogP) is -0.262. The van der Waals surface area contributed by atoms with E-state index in [4.69, 9.17) is 0 Å². The largest absolute Gasteiger partial charge is 0.308 e. The van der Waals surface area contributed by atoms with Crippen molar-refractivity contribution in [1.29, 1.82) is 0 Å². The van der Waals surface area contributed by atoms with Crippen LogP contribution >= 0.6 is 0 Å². The summed E-state index contributed by atoms with van der Waals surface area (Å²) in [4.78, 5) is 12.7. The maximum atomic E-state index is 10.6. The summed E-state index contributed by atoms with van der Waals surface area (Å²) in [6.45, 7) is 1.76. The number of aromatic amines is 1. The van der Waals surface area contributed by atoms with Gasteiger partial charge >= 0.3 is 0 Å². The Kier molecular flexibility index (Phi) is 2.48. The van der Waals surface area contributed by atoms with Crippen molar-refractivity contribution in [2.24, 2.45) is 0 Å². The van der Waals surface area contributed by atoms with Gasteiger partial charge in [-0.2, -0.15) is 0 Å². The van der Waals surface area contributed by atoms with Crippen LogP contribution in [0.5, 0.6) is 0 Å². The maximum Gasteiger partial charge on any atom is 0.264 e. The van der Waals surface area contributed by atoms with Gasteiger partial charge in [0.2, 0.25) is 0 Å². The van der Waals surface area contributed by atoms with Crippen LogP contribution in [0.1, 0.15) is 0 Å². The minimum atomic E-state index is -0.0382. The summed E-state index contributed by atoms with van der Waals surface area (Å²) in [5.41, 5.74) is -0.0382. The molecular weight excluding hydrogens is 142 g/mol. The van der Waals surface area contributed by atoms with E-state index in [9.17, 15) is 4.79 Å². The van der Waals surface area contributed by atoms with Crippen LogP contribution < -0.4 is 5.56 Å². The second-order valence-electron chi connectivity index (χ2n) is 2.79. The first-order valence-electron chi connectivity index (χ1n) is 3.58. The molecule has 1 heterocycles. The molecule has 1 aromatic rings. The number of aromatic nitrogens is 2. The van der Waals surface area contributed by atoms with Gasteiger partial charge in [-0.25, -0.2) is 0 Å². The lowest BCUT2D eigenvalue weighted by atomic mass is 10.6. The molecule has 0 bridgehead atoms. The van der Waals surface area contributed by atoms with Gasteiger partial charge in [-0.3, -0.25) is 14.6 Å². The summed E-state index contributed by atoms with van der Waals surface area (Å²) < 4.78 is 1.78. The second kappa shape index (κ2) is 3.39. The van der Waals surface area contributed by atoms with Gasteiger partial charge in [0.05, 0.1) is 6.54 Å². The van der Waals surface area contributed by atoms with E-state index in [2.05, 4.69) is 10.00 Å². The summed E-state index contributed by atoms with van der Waals surface area (Å²) in [5.74, 6) is 0. The van der Waals surface area contributed by atoms with Crippen LogP contribution in [0.15, 0.2) is 17.1 Å². The maximum absolute atomic E-state index is 10.6. The zero-order chi connectivity index (χ0) is 8.27. The average Bonchev–Trinajstić information content (AvgIpc) is 2.31. The minimum Gasteiger partial charge on any atom is -0.308 e. The van der Waals surface area contributed by atoms with E-state index in [0.717, 1.165) is 13.1 Å². The summed E-state index contributed by atoms with van der Waals surface area (Å²) in [5, 5.41) is 2.67. The molecule has 0 atom stereocenters. The van der Waals surface area contributed by atoms with Crippen molar-refractivity contribution in [1.82, 2.24) is 14.7 Å². The smallest absolute Gasteiger partial charge is 0.264 e. The topological polar surface area (TPSA) is 41.0 Å². The first-order chi connectivity index (χ1) is 5.18. The Bertz CT molecular complexity index is 261. The molecule has 0 aliphatic heterocycles. The van der Waals surface area contributed by atoms with Crippen molar-refractivity contribution in [3.8, 4) is 0 Å². The van der Waals surface area contributed by atoms with Crippen molar-refractivity contribution in [2.75, 3.05) is 20.6 Å². The molecule has 62 valence electrons. The Morgan fingerprint density at radius 1 is 1.64 bits per heavy atom. The van der Waals surface area contributed by atoms with Crippen molar-refractivity contribution >= 4 is 0 Å². The molecule has 0 aromatic carbocycles. The molecule has 0 aliphatic rings. The van der Waals surface area contributed by atoms with Crippen molar-refractivity contribution in [2.45, 2.75) is 6.54 Å². The Morgan fingerprint density at radius 3 is 2.82 bits per heavy atom. The monoisotopic (exact) mass is 155 g/mol. The van der Waals surface area contributed by atoms with Crippen molar-refractivity contribution in [3.63, 3.8) is 0 Å². The van der Waals surface area contributed by atoms with Crippen LogP contribution in [0.2, 0.25) is 0 Å². The lowest BCUT2D eigenvalue weighted by Gasteiger charge is -2.08. The molecule has 0 radical (unpaired) electrons. The number of nitrogens with zero attached hydrogens (tertiary/aromatic N) is 2. The van der Waals surface area contributed by atoms with E-state index < -0.39 is 0 Å². The van der Waals surface area contributed by atoms with Gasteiger partial charge in [0.1, 0.15) is 0 Å². The third kappa shape index (κ3) is 2.59. The average molecular weight is 155 g/mol. The Morgan fingerprint density at radius 2 is 2.36 bits per heavy atom. The molecule has 0 unspecified atom stereocenters. The highest BCUT2D eigenvalue weighted by atomic mass is 16.1. The van der Waals surface area contributed by atoms with Crippen molar-refractivity contribution < 1.29 is 0 Å². The van der Waals surface area contributed by atoms with Crippen LogP contribution in [0.4, 0.5) is 0 Å². The van der Waals surface area contributed by atoms with Crippen LogP contribution in [0, 0.1) is 0 Å². The molecular formula is C7H13N3O. The van der Waals surface area contributed by atoms with Crippen LogP contribution in [-0.2, 0) is 6.54 Å². The highest BCUT2D eigenvalue weighted by Crippen LogP contribution is 1.81. The lowest BCUT2D eigenvalue weighted by Crippen LogP contribution is -2.19. The number of hydrogen-bond donors (Lipinski definition) is 1. The number of rotatable bonds is 3. The first-order valence-corrected chi connectivity index (χ1v) is 3.58. The molecule has 0 saturated heterocycles. The number of likely N-dealkylation sites (N-methyl/N-ethyl adjacent to an activating group) is 1. The zero-order valence-corrected chi connectivity index (χ0v) is 6.87. The van der Waals surface area contributed by atoms with Gasteiger partial charge in [-0.1, -0.05) is 0 Å². The normalized spacial score (nSPS) is 10.8. The van der Waals surface area contributed by atoms with Gasteiger partial charge in [-0.15, -0.1) is 0 Å². The van der Waals surface area contributed by atoms with E-state index in [1.165, 1.54) is 6.07 Å². The van der Waals surface area contributed by atoms with Crippen LogP contribution in [0.25, 0.3) is 0 Å². The second-order valence-corrected chi connectivity index (χ2v) is 2.79. The van der Waals surface area contributed by atoms with E-state index in [1.54, 1.807) is 10.9 Å². The Balaban J connectivity index is 2.45. The third-order valence-corrected chi connectivity index (χ3v) is 1.45. The SMILES string of the molecule is CN(C)CCn1ccc(=O)[nH]1. The fourth-order valence-corrected chi connectivity index (χ4v) is 0.812. The Hall–Kier alpha value is -1.03. The van der Waals surface area contributed by atoms with Crippen LogP contribution in [0.3, 0.4) is 0 Å². The molecule has 0 aliphatic carbocycles. The quantitative estimate of drug-likeness (QED) is 0.653. The molecule has 11 heavy (non-hydrogen) atoms. The van der Waals surface area contributed by atoms with E-state index in [-0.39, 0.29) is 5.56 Å². The molecule has 1 N–H and O–H groups in total. The molecule has 1 rings (SSSR count). The predicted molar refractivity (Wildman–Crippen MR) is 43.6 cm³/mol. The third-order valence-electron chi connectivity index (χ3n) is 1.45. The van der Waals surface area contributed by atoms with Gasteiger partial charge < -0.3 is 4.90 Å².